The van der Waals surface area contributed by atoms with Crippen LogP contribution in [0.3, 0.4) is 0 Å². The standard InChI is InChI=1S/C18H28N2/c1-15-7-2-4-10-17(15)19-12-14-20-13-6-9-16-8-3-5-11-18(16)20/h2,4,7,10,16,18-19H,3,5-6,8-9,11-14H2,1H3. The Bertz CT molecular complexity index is 427. The maximum absolute atomic E-state index is 3.61. The first kappa shape index (κ1) is 13.9. The molecular weight excluding hydrogens is 244 g/mol. The van der Waals surface area contributed by atoms with Crippen molar-refractivity contribution in [2.45, 2.75) is 51.5 Å². The third-order valence-electron chi connectivity index (χ3n) is 5.22. The number of benzene rings is 1. The fraction of sp³-hybridized carbons (Fsp3) is 0.667. The third-order valence-corrected chi connectivity index (χ3v) is 5.22. The second-order valence-corrected chi connectivity index (χ2v) is 6.53. The summed E-state index contributed by atoms with van der Waals surface area (Å²) in [5.41, 5.74) is 2.64. The maximum atomic E-state index is 3.61. The lowest BCUT2D eigenvalue weighted by Crippen LogP contribution is -2.48. The summed E-state index contributed by atoms with van der Waals surface area (Å²) in [7, 11) is 0. The summed E-state index contributed by atoms with van der Waals surface area (Å²) < 4.78 is 0. The van der Waals surface area contributed by atoms with Crippen molar-refractivity contribution in [2.24, 2.45) is 5.92 Å². The van der Waals surface area contributed by atoms with Crippen LogP contribution in [0.1, 0.15) is 44.1 Å². The van der Waals surface area contributed by atoms with Gasteiger partial charge in [0.25, 0.3) is 0 Å². The van der Waals surface area contributed by atoms with Crippen molar-refractivity contribution >= 4 is 5.69 Å². The van der Waals surface area contributed by atoms with Gasteiger partial charge in [0.1, 0.15) is 0 Å². The number of rotatable bonds is 4. The minimum atomic E-state index is 0.885. The number of fused-ring (bicyclic) bond motifs is 1. The summed E-state index contributed by atoms with van der Waals surface area (Å²) in [5, 5.41) is 3.61. The van der Waals surface area contributed by atoms with Crippen LogP contribution in [0.25, 0.3) is 0 Å². The molecule has 2 heteroatoms. The zero-order valence-electron chi connectivity index (χ0n) is 12.8. The summed E-state index contributed by atoms with van der Waals surface area (Å²) in [4.78, 5) is 2.76. The molecule has 110 valence electrons. The number of para-hydroxylation sites is 1. The third kappa shape index (κ3) is 3.17. The lowest BCUT2D eigenvalue weighted by atomic mass is 9.78. The molecule has 0 aromatic heterocycles. The van der Waals surface area contributed by atoms with Crippen LogP contribution in [0.2, 0.25) is 0 Å². The van der Waals surface area contributed by atoms with Crippen molar-refractivity contribution in [1.82, 2.24) is 4.90 Å². The van der Waals surface area contributed by atoms with E-state index in [-0.39, 0.29) is 0 Å². The van der Waals surface area contributed by atoms with Gasteiger partial charge in [0.2, 0.25) is 0 Å². The van der Waals surface area contributed by atoms with Gasteiger partial charge in [-0.3, -0.25) is 4.90 Å². The molecule has 2 nitrogen and oxygen atoms in total. The molecule has 1 N–H and O–H groups in total. The van der Waals surface area contributed by atoms with E-state index in [4.69, 9.17) is 0 Å². The van der Waals surface area contributed by atoms with Gasteiger partial charge in [0.05, 0.1) is 0 Å². The Balaban J connectivity index is 1.51. The van der Waals surface area contributed by atoms with Crippen LogP contribution in [0, 0.1) is 12.8 Å². The van der Waals surface area contributed by atoms with Crippen LogP contribution in [-0.4, -0.2) is 30.6 Å². The van der Waals surface area contributed by atoms with Crippen LogP contribution in [0.15, 0.2) is 24.3 Å². The lowest BCUT2D eigenvalue weighted by Gasteiger charge is -2.44. The Labute approximate surface area is 123 Å². The van der Waals surface area contributed by atoms with Gasteiger partial charge >= 0.3 is 0 Å². The zero-order chi connectivity index (χ0) is 13.8. The molecule has 1 saturated heterocycles. The molecule has 2 atom stereocenters. The monoisotopic (exact) mass is 272 g/mol. The highest BCUT2D eigenvalue weighted by molar-refractivity contribution is 5.50. The highest BCUT2D eigenvalue weighted by atomic mass is 15.2. The highest BCUT2D eigenvalue weighted by Crippen LogP contribution is 2.34. The van der Waals surface area contributed by atoms with Gasteiger partial charge in [-0.25, -0.2) is 0 Å². The molecule has 0 amide bonds. The van der Waals surface area contributed by atoms with Gasteiger partial charge in [-0.1, -0.05) is 31.0 Å². The van der Waals surface area contributed by atoms with Crippen molar-refractivity contribution in [1.29, 1.82) is 0 Å². The molecule has 0 spiro atoms. The largest absolute Gasteiger partial charge is 0.384 e. The first-order chi connectivity index (χ1) is 9.84. The zero-order valence-corrected chi connectivity index (χ0v) is 12.8. The van der Waals surface area contributed by atoms with Crippen molar-refractivity contribution in [3.05, 3.63) is 29.8 Å². The Morgan fingerprint density at radius 1 is 1.10 bits per heavy atom. The molecule has 1 aromatic carbocycles. The molecule has 20 heavy (non-hydrogen) atoms. The number of nitrogens with zero attached hydrogens (tertiary/aromatic N) is 1. The maximum Gasteiger partial charge on any atom is 0.0370 e. The van der Waals surface area contributed by atoms with E-state index in [2.05, 4.69) is 41.4 Å². The first-order valence-corrected chi connectivity index (χ1v) is 8.38. The van der Waals surface area contributed by atoms with Crippen LogP contribution in [-0.2, 0) is 0 Å². The van der Waals surface area contributed by atoms with E-state index in [1.807, 2.05) is 0 Å². The summed E-state index contributed by atoms with van der Waals surface area (Å²) in [6.45, 7) is 5.78. The van der Waals surface area contributed by atoms with Crippen molar-refractivity contribution in [3.63, 3.8) is 0 Å². The molecule has 0 radical (unpaired) electrons. The first-order valence-electron chi connectivity index (χ1n) is 8.38. The minimum Gasteiger partial charge on any atom is -0.384 e. The van der Waals surface area contributed by atoms with E-state index >= 15 is 0 Å². The van der Waals surface area contributed by atoms with E-state index in [1.165, 1.54) is 62.9 Å². The Hall–Kier alpha value is -1.02. The van der Waals surface area contributed by atoms with Crippen molar-refractivity contribution in [3.8, 4) is 0 Å². The number of likely N-dealkylation sites (tertiary alicyclic amines) is 1. The number of hydrogen-bond acceptors (Lipinski definition) is 2. The van der Waals surface area contributed by atoms with E-state index in [0.29, 0.717) is 0 Å². The van der Waals surface area contributed by atoms with E-state index in [9.17, 15) is 0 Å². The summed E-state index contributed by atoms with van der Waals surface area (Å²) in [5.74, 6) is 0.996. The average molecular weight is 272 g/mol. The van der Waals surface area contributed by atoms with Crippen molar-refractivity contribution < 1.29 is 0 Å². The number of aryl methyl sites for hydroxylation is 1. The van der Waals surface area contributed by atoms with Gasteiger partial charge in [0, 0.05) is 24.8 Å². The van der Waals surface area contributed by atoms with Crippen LogP contribution in [0.5, 0.6) is 0 Å². The molecule has 1 aliphatic carbocycles. The van der Waals surface area contributed by atoms with Crippen LogP contribution in [0.4, 0.5) is 5.69 Å². The molecule has 1 heterocycles. The number of piperidine rings is 1. The van der Waals surface area contributed by atoms with E-state index < -0.39 is 0 Å². The molecule has 2 unspecified atom stereocenters. The molecule has 2 fully saturated rings. The Morgan fingerprint density at radius 2 is 1.90 bits per heavy atom. The fourth-order valence-electron chi connectivity index (χ4n) is 4.11. The van der Waals surface area contributed by atoms with Crippen LogP contribution < -0.4 is 5.32 Å². The topological polar surface area (TPSA) is 15.3 Å². The molecular formula is C18H28N2. The van der Waals surface area contributed by atoms with Crippen LogP contribution >= 0.6 is 0 Å². The second-order valence-electron chi connectivity index (χ2n) is 6.53. The molecule has 1 saturated carbocycles. The lowest BCUT2D eigenvalue weighted by molar-refractivity contribution is 0.0645. The van der Waals surface area contributed by atoms with Gasteiger partial charge in [-0.15, -0.1) is 0 Å². The summed E-state index contributed by atoms with van der Waals surface area (Å²) in [6, 6.07) is 9.48. The van der Waals surface area contributed by atoms with Crippen molar-refractivity contribution in [2.75, 3.05) is 25.0 Å². The Morgan fingerprint density at radius 3 is 2.80 bits per heavy atom. The number of nitrogens with one attached hydrogen (secondary N) is 1. The molecule has 2 aliphatic rings. The smallest absolute Gasteiger partial charge is 0.0370 e. The Kier molecular flexibility index (Phi) is 4.62. The van der Waals surface area contributed by atoms with E-state index in [0.717, 1.165) is 18.5 Å². The summed E-state index contributed by atoms with van der Waals surface area (Å²) in [6.07, 6.45) is 8.72. The number of hydrogen-bond donors (Lipinski definition) is 1. The normalized spacial score (nSPS) is 27.1. The molecule has 0 bridgehead atoms. The predicted molar refractivity (Wildman–Crippen MR) is 86.2 cm³/mol. The second kappa shape index (κ2) is 6.62. The molecule has 3 rings (SSSR count). The summed E-state index contributed by atoms with van der Waals surface area (Å²) >= 11 is 0. The minimum absolute atomic E-state index is 0.885. The van der Waals surface area contributed by atoms with Gasteiger partial charge in [0.15, 0.2) is 0 Å². The number of anilines is 1. The fourth-order valence-corrected chi connectivity index (χ4v) is 4.11. The predicted octanol–water partition coefficient (Wildman–Crippen LogP) is 4.06. The average Bonchev–Trinajstić information content (AvgIpc) is 2.49. The highest BCUT2D eigenvalue weighted by Gasteiger charge is 2.32. The van der Waals surface area contributed by atoms with Gasteiger partial charge in [-0.05, 0) is 56.7 Å². The van der Waals surface area contributed by atoms with Gasteiger partial charge in [-0.2, -0.15) is 0 Å². The molecule has 1 aliphatic heterocycles. The molecule has 1 aromatic rings. The van der Waals surface area contributed by atoms with E-state index in [1.54, 1.807) is 0 Å². The quantitative estimate of drug-likeness (QED) is 0.889. The van der Waals surface area contributed by atoms with Gasteiger partial charge < -0.3 is 5.32 Å². The SMILES string of the molecule is Cc1ccccc1NCCN1CCCC2CCCCC21.